The highest BCUT2D eigenvalue weighted by molar-refractivity contribution is 7.91. The van der Waals surface area contributed by atoms with Gasteiger partial charge in [0.05, 0.1) is 16.4 Å². The zero-order valence-corrected chi connectivity index (χ0v) is 17.3. The van der Waals surface area contributed by atoms with Gasteiger partial charge in [-0.1, -0.05) is 40.0 Å². The van der Waals surface area contributed by atoms with Gasteiger partial charge < -0.3 is 9.84 Å². The molecule has 27 heavy (non-hydrogen) atoms. The van der Waals surface area contributed by atoms with Crippen LogP contribution in [0.15, 0.2) is 46.2 Å². The molecule has 4 nitrogen and oxygen atoms in total. The molecular formula is C22H30O4S. The van der Waals surface area contributed by atoms with Gasteiger partial charge in [0.25, 0.3) is 0 Å². The van der Waals surface area contributed by atoms with Crippen molar-refractivity contribution in [2.45, 2.75) is 69.1 Å². The Morgan fingerprint density at radius 2 is 1.52 bits per heavy atom. The zero-order chi connectivity index (χ0) is 19.9. The first-order valence-electron chi connectivity index (χ1n) is 9.76. The van der Waals surface area contributed by atoms with Crippen LogP contribution in [0.2, 0.25) is 0 Å². The molecule has 2 aromatic carbocycles. The molecule has 5 heteroatoms. The molecule has 0 radical (unpaired) electrons. The Labute approximate surface area is 163 Å². The zero-order valence-electron chi connectivity index (χ0n) is 16.5. The molecule has 2 rings (SSSR count). The van der Waals surface area contributed by atoms with Crippen molar-refractivity contribution in [3.8, 4) is 11.5 Å². The predicted molar refractivity (Wildman–Crippen MR) is 108 cm³/mol. The molecule has 0 aliphatic rings. The number of hydrogen-bond donors (Lipinski definition) is 1. The molecule has 148 valence electrons. The number of unbranched alkanes of at least 4 members (excludes halogenated alkanes) is 1. The van der Waals surface area contributed by atoms with Crippen molar-refractivity contribution in [2.75, 3.05) is 6.61 Å². The Balaban J connectivity index is 2.40. The van der Waals surface area contributed by atoms with Crippen molar-refractivity contribution >= 4 is 9.84 Å². The van der Waals surface area contributed by atoms with Crippen LogP contribution in [0.1, 0.15) is 57.6 Å². The average Bonchev–Trinajstić information content (AvgIpc) is 2.65. The van der Waals surface area contributed by atoms with Crippen LogP contribution in [0.3, 0.4) is 0 Å². The lowest BCUT2D eigenvalue weighted by molar-refractivity contribution is 0.309. The summed E-state index contributed by atoms with van der Waals surface area (Å²) >= 11 is 0. The van der Waals surface area contributed by atoms with Gasteiger partial charge >= 0.3 is 0 Å². The predicted octanol–water partition coefficient (Wildman–Crippen LogP) is 5.31. The number of aromatic hydroxyl groups is 1. The molecule has 2 aromatic rings. The van der Waals surface area contributed by atoms with Crippen molar-refractivity contribution in [3.05, 3.63) is 47.5 Å². The van der Waals surface area contributed by atoms with E-state index in [9.17, 15) is 13.5 Å². The van der Waals surface area contributed by atoms with Crippen LogP contribution in [0.25, 0.3) is 0 Å². The molecule has 0 heterocycles. The number of sulfone groups is 1. The van der Waals surface area contributed by atoms with E-state index in [2.05, 4.69) is 6.92 Å². The van der Waals surface area contributed by atoms with E-state index in [1.54, 1.807) is 36.4 Å². The van der Waals surface area contributed by atoms with E-state index in [0.717, 1.165) is 25.7 Å². The number of ether oxygens (including phenoxy) is 1. The van der Waals surface area contributed by atoms with Crippen LogP contribution in [0.5, 0.6) is 11.5 Å². The standard InChI is InChI=1S/C22H30O4S/c1-4-7-14-26-19-10-12-20(13-11-19)27(24,25)22-16-17(8-5-2)21(23)15-18(22)9-6-3/h10-13,15-16,23H,4-9,14H2,1-3H3. The maximum absolute atomic E-state index is 13.2. The molecule has 0 saturated carbocycles. The fraction of sp³-hybridized carbons (Fsp3) is 0.455. The summed E-state index contributed by atoms with van der Waals surface area (Å²) in [5.41, 5.74) is 1.34. The SMILES string of the molecule is CCCCOc1ccc(S(=O)(=O)c2cc(CCC)c(O)cc2CCC)cc1. The topological polar surface area (TPSA) is 63.6 Å². The summed E-state index contributed by atoms with van der Waals surface area (Å²) < 4.78 is 32.1. The van der Waals surface area contributed by atoms with Crippen molar-refractivity contribution in [2.24, 2.45) is 0 Å². The van der Waals surface area contributed by atoms with E-state index in [1.165, 1.54) is 0 Å². The Morgan fingerprint density at radius 1 is 0.889 bits per heavy atom. The molecule has 0 amide bonds. The lowest BCUT2D eigenvalue weighted by Crippen LogP contribution is -2.07. The lowest BCUT2D eigenvalue weighted by atomic mass is 10.0. The summed E-state index contributed by atoms with van der Waals surface area (Å²) in [6.07, 6.45) is 4.91. The Morgan fingerprint density at radius 3 is 2.11 bits per heavy atom. The van der Waals surface area contributed by atoms with Crippen molar-refractivity contribution < 1.29 is 18.3 Å². The summed E-state index contributed by atoms with van der Waals surface area (Å²) in [7, 11) is -3.66. The summed E-state index contributed by atoms with van der Waals surface area (Å²) in [6.45, 7) is 6.72. The minimum absolute atomic E-state index is 0.180. The molecule has 0 bridgehead atoms. The first kappa shape index (κ1) is 21.3. The van der Waals surface area contributed by atoms with Crippen LogP contribution in [-0.2, 0) is 22.7 Å². The fourth-order valence-corrected chi connectivity index (χ4v) is 4.57. The molecule has 0 aliphatic heterocycles. The van der Waals surface area contributed by atoms with Gasteiger partial charge in [-0.05, 0) is 66.8 Å². The molecule has 1 N–H and O–H groups in total. The van der Waals surface area contributed by atoms with E-state index in [-0.39, 0.29) is 10.6 Å². The maximum atomic E-state index is 13.2. The summed E-state index contributed by atoms with van der Waals surface area (Å²) in [4.78, 5) is 0.543. The van der Waals surface area contributed by atoms with Crippen molar-refractivity contribution in [1.29, 1.82) is 0 Å². The van der Waals surface area contributed by atoms with Crippen molar-refractivity contribution in [3.63, 3.8) is 0 Å². The average molecular weight is 391 g/mol. The van der Waals surface area contributed by atoms with Crippen LogP contribution in [0.4, 0.5) is 0 Å². The van der Waals surface area contributed by atoms with E-state index in [1.807, 2.05) is 13.8 Å². The van der Waals surface area contributed by atoms with Crippen LogP contribution < -0.4 is 4.74 Å². The van der Waals surface area contributed by atoms with Gasteiger partial charge in [-0.15, -0.1) is 0 Å². The molecule has 0 spiro atoms. The van der Waals surface area contributed by atoms with Gasteiger partial charge in [-0.3, -0.25) is 0 Å². The monoisotopic (exact) mass is 390 g/mol. The third kappa shape index (κ3) is 5.25. The van der Waals surface area contributed by atoms with Crippen LogP contribution >= 0.6 is 0 Å². The number of rotatable bonds is 10. The molecule has 0 saturated heterocycles. The van der Waals surface area contributed by atoms with Gasteiger partial charge in [0.15, 0.2) is 0 Å². The molecular weight excluding hydrogens is 360 g/mol. The Hall–Kier alpha value is -2.01. The van der Waals surface area contributed by atoms with Crippen molar-refractivity contribution in [1.82, 2.24) is 0 Å². The van der Waals surface area contributed by atoms with E-state index >= 15 is 0 Å². The lowest BCUT2D eigenvalue weighted by Gasteiger charge is -2.14. The second-order valence-corrected chi connectivity index (χ2v) is 8.68. The minimum atomic E-state index is -3.66. The van der Waals surface area contributed by atoms with Gasteiger partial charge in [0.1, 0.15) is 11.5 Å². The largest absolute Gasteiger partial charge is 0.508 e. The highest BCUT2D eigenvalue weighted by Crippen LogP contribution is 2.32. The second-order valence-electron chi connectivity index (χ2n) is 6.77. The number of aryl methyl sites for hydroxylation is 2. The maximum Gasteiger partial charge on any atom is 0.206 e. The second kappa shape index (κ2) is 9.79. The summed E-state index contributed by atoms with van der Waals surface area (Å²) in [5, 5.41) is 10.2. The quantitative estimate of drug-likeness (QED) is 0.559. The number of hydrogen-bond acceptors (Lipinski definition) is 4. The Bertz CT molecular complexity index is 839. The van der Waals surface area contributed by atoms with Crippen LogP contribution in [-0.4, -0.2) is 20.1 Å². The van der Waals surface area contributed by atoms with E-state index in [4.69, 9.17) is 4.74 Å². The van der Waals surface area contributed by atoms with Crippen LogP contribution in [0, 0.1) is 0 Å². The molecule has 0 aliphatic carbocycles. The first-order chi connectivity index (χ1) is 12.9. The molecule has 0 unspecified atom stereocenters. The number of phenols is 1. The third-order valence-electron chi connectivity index (χ3n) is 4.49. The normalized spacial score (nSPS) is 11.5. The fourth-order valence-electron chi connectivity index (χ4n) is 3.01. The Kier molecular flexibility index (Phi) is 7.72. The van der Waals surface area contributed by atoms with E-state index < -0.39 is 9.84 Å². The summed E-state index contributed by atoms with van der Waals surface area (Å²) in [6, 6.07) is 9.86. The van der Waals surface area contributed by atoms with Gasteiger partial charge in [0.2, 0.25) is 9.84 Å². The number of benzene rings is 2. The number of phenolic OH excluding ortho intramolecular Hbond substituents is 1. The van der Waals surface area contributed by atoms with Gasteiger partial charge in [-0.25, -0.2) is 8.42 Å². The molecule has 0 aromatic heterocycles. The summed E-state index contributed by atoms with van der Waals surface area (Å²) in [5.74, 6) is 0.854. The molecule has 0 fully saturated rings. The smallest absolute Gasteiger partial charge is 0.206 e. The highest BCUT2D eigenvalue weighted by atomic mass is 32.2. The molecule has 0 atom stereocenters. The minimum Gasteiger partial charge on any atom is -0.508 e. The third-order valence-corrected chi connectivity index (χ3v) is 6.34. The van der Waals surface area contributed by atoms with E-state index in [0.29, 0.717) is 41.2 Å². The van der Waals surface area contributed by atoms with Gasteiger partial charge in [-0.2, -0.15) is 0 Å². The first-order valence-corrected chi connectivity index (χ1v) is 11.2. The highest BCUT2D eigenvalue weighted by Gasteiger charge is 2.23. The van der Waals surface area contributed by atoms with Gasteiger partial charge in [0, 0.05) is 0 Å².